The first-order valence-corrected chi connectivity index (χ1v) is 15.0. The van der Waals surface area contributed by atoms with E-state index in [1.54, 1.807) is 62.0 Å². The number of carbonyl (C=O) groups excluding carboxylic acids is 2. The zero-order valence-electron chi connectivity index (χ0n) is 26.8. The lowest BCUT2D eigenvalue weighted by molar-refractivity contribution is -0.147. The van der Waals surface area contributed by atoms with Crippen LogP contribution in [0.15, 0.2) is 97.2 Å². The van der Waals surface area contributed by atoms with Gasteiger partial charge in [0.2, 0.25) is 11.7 Å². The quantitative estimate of drug-likeness (QED) is 0.119. The molecule has 0 aliphatic carbocycles. The average Bonchev–Trinajstić information content (AvgIpc) is 3.67. The van der Waals surface area contributed by atoms with Gasteiger partial charge in [0, 0.05) is 53.0 Å². The molecular weight excluding hydrogens is 675 g/mol. The Balaban J connectivity index is 0.000000357. The predicted octanol–water partition coefficient (Wildman–Crippen LogP) is 4.95. The van der Waals surface area contributed by atoms with E-state index in [0.717, 1.165) is 23.3 Å². The molecule has 0 unspecified atom stereocenters. The molecule has 1 aliphatic rings. The number of anilines is 3. The summed E-state index contributed by atoms with van der Waals surface area (Å²) in [5.74, 6) is -3.04. The van der Waals surface area contributed by atoms with E-state index in [2.05, 4.69) is 35.3 Å². The number of halogens is 3. The van der Waals surface area contributed by atoms with Gasteiger partial charge in [-0.25, -0.2) is 19.7 Å². The molecule has 0 bridgehead atoms. The number of pyridine rings is 1. The molecule has 51 heavy (non-hydrogen) atoms. The summed E-state index contributed by atoms with van der Waals surface area (Å²) in [6.45, 7) is 2.91. The van der Waals surface area contributed by atoms with Crippen molar-refractivity contribution >= 4 is 29.2 Å². The molecular formula is C34H30F3N7O7. The van der Waals surface area contributed by atoms with Gasteiger partial charge >= 0.3 is 12.1 Å². The summed E-state index contributed by atoms with van der Waals surface area (Å²) in [5.41, 5.74) is 3.09. The summed E-state index contributed by atoms with van der Waals surface area (Å²) in [4.78, 5) is 40.6. The van der Waals surface area contributed by atoms with E-state index in [1.807, 2.05) is 13.0 Å². The van der Waals surface area contributed by atoms with Gasteiger partial charge in [0.05, 0.1) is 29.9 Å². The van der Waals surface area contributed by atoms with Crippen LogP contribution in [0.3, 0.4) is 0 Å². The van der Waals surface area contributed by atoms with Crippen LogP contribution in [0.1, 0.15) is 27.2 Å². The zero-order chi connectivity index (χ0) is 36.9. The Morgan fingerprint density at radius 1 is 1.06 bits per heavy atom. The number of aryl methyl sites for hydroxylation is 2. The minimum Gasteiger partial charge on any atom is -0.505 e. The number of hydrogen-bond donors (Lipinski definition) is 6. The number of aromatic nitrogens is 5. The monoisotopic (exact) mass is 705 g/mol. The summed E-state index contributed by atoms with van der Waals surface area (Å²) in [7, 11) is 0. The van der Waals surface area contributed by atoms with Crippen LogP contribution in [-0.2, 0) is 15.7 Å². The number of nitrogens with zero attached hydrogens (tertiary/aromatic N) is 5. The third-order valence-corrected chi connectivity index (χ3v) is 7.35. The van der Waals surface area contributed by atoms with Crippen LogP contribution in [0.2, 0.25) is 0 Å². The molecule has 0 saturated carbocycles. The van der Waals surface area contributed by atoms with E-state index in [1.165, 1.54) is 17.0 Å². The Morgan fingerprint density at radius 3 is 2.47 bits per heavy atom. The zero-order valence-corrected chi connectivity index (χ0v) is 26.8. The van der Waals surface area contributed by atoms with E-state index in [9.17, 15) is 22.8 Å². The fourth-order valence-corrected chi connectivity index (χ4v) is 4.70. The van der Waals surface area contributed by atoms with Crippen LogP contribution in [0.5, 0.6) is 0 Å². The van der Waals surface area contributed by atoms with Gasteiger partial charge in [-0.15, -0.1) is 0 Å². The van der Waals surface area contributed by atoms with Gasteiger partial charge in [-0.1, -0.05) is 6.07 Å². The third-order valence-electron chi connectivity index (χ3n) is 7.35. The highest BCUT2D eigenvalue weighted by Crippen LogP contribution is 2.33. The number of ether oxygens (including phenoxy) is 1. The lowest BCUT2D eigenvalue weighted by atomic mass is 10.1. The van der Waals surface area contributed by atoms with Crippen molar-refractivity contribution in [3.8, 4) is 16.9 Å². The van der Waals surface area contributed by atoms with E-state index in [4.69, 9.17) is 20.4 Å². The van der Waals surface area contributed by atoms with Crippen molar-refractivity contribution in [2.45, 2.75) is 32.2 Å². The van der Waals surface area contributed by atoms with E-state index in [-0.39, 0.29) is 16.9 Å². The number of aliphatic hydroxyl groups excluding tert-OH is 4. The lowest BCUT2D eigenvalue weighted by Crippen LogP contribution is -2.31. The molecule has 4 heterocycles. The largest absolute Gasteiger partial charge is 0.505 e. The number of alkyl halides is 3. The van der Waals surface area contributed by atoms with Gasteiger partial charge < -0.3 is 40.4 Å². The number of imidazole rings is 1. The van der Waals surface area contributed by atoms with Crippen molar-refractivity contribution in [1.29, 1.82) is 0 Å². The highest BCUT2D eigenvalue weighted by Gasteiger charge is 2.38. The van der Waals surface area contributed by atoms with Crippen molar-refractivity contribution in [2.24, 2.45) is 0 Å². The van der Waals surface area contributed by atoms with Crippen molar-refractivity contribution < 1.29 is 47.9 Å². The van der Waals surface area contributed by atoms with Gasteiger partial charge in [0.15, 0.2) is 11.9 Å². The van der Waals surface area contributed by atoms with E-state index < -0.39 is 53.9 Å². The normalized spacial score (nSPS) is 14.7. The fraction of sp³-hybridized carbons (Fsp3) is 0.176. The maximum Gasteiger partial charge on any atom is 0.416 e. The molecule has 264 valence electrons. The van der Waals surface area contributed by atoms with Crippen molar-refractivity contribution in [3.05, 3.63) is 120 Å². The molecule has 0 saturated heterocycles. The minimum atomic E-state index is -4.60. The molecule has 2 aromatic carbocycles. The molecule has 0 radical (unpaired) electrons. The highest BCUT2D eigenvalue weighted by molar-refractivity contribution is 6.05. The second-order valence-electron chi connectivity index (χ2n) is 11.1. The number of aliphatic hydroxyl groups is 4. The fourth-order valence-electron chi connectivity index (χ4n) is 4.70. The molecule has 1 aliphatic heterocycles. The predicted molar refractivity (Wildman–Crippen MR) is 176 cm³/mol. The van der Waals surface area contributed by atoms with Crippen LogP contribution in [0, 0.1) is 13.8 Å². The molecule has 2 atom stereocenters. The minimum absolute atomic E-state index is 0.00114. The number of nitrogens with one attached hydrogen (secondary N) is 2. The van der Waals surface area contributed by atoms with Gasteiger partial charge in [0.25, 0.3) is 5.91 Å². The van der Waals surface area contributed by atoms with E-state index >= 15 is 0 Å². The number of rotatable bonds is 8. The maximum atomic E-state index is 13.6. The van der Waals surface area contributed by atoms with Gasteiger partial charge in [0.1, 0.15) is 6.10 Å². The van der Waals surface area contributed by atoms with Gasteiger partial charge in [-0.3, -0.25) is 9.78 Å². The smallest absolute Gasteiger partial charge is 0.416 e. The summed E-state index contributed by atoms with van der Waals surface area (Å²) >= 11 is 0. The summed E-state index contributed by atoms with van der Waals surface area (Å²) in [6.07, 6.45) is 0.607. The summed E-state index contributed by atoms with van der Waals surface area (Å²) < 4.78 is 46.6. The molecule has 17 heteroatoms. The first-order chi connectivity index (χ1) is 24.2. The topological polar surface area (TPSA) is 205 Å². The lowest BCUT2D eigenvalue weighted by Gasteiger charge is -2.14. The molecule has 5 aromatic rings. The van der Waals surface area contributed by atoms with Crippen molar-refractivity contribution in [2.75, 3.05) is 17.2 Å². The Bertz CT molecular complexity index is 2090. The molecule has 6 N–H and O–H groups in total. The van der Waals surface area contributed by atoms with Gasteiger partial charge in [-0.05, 0) is 67.9 Å². The molecule has 3 aromatic heterocycles. The number of esters is 1. The number of cyclic esters (lactones) is 1. The molecule has 1 amide bonds. The molecule has 0 spiro atoms. The van der Waals surface area contributed by atoms with Crippen LogP contribution in [-0.4, -0.2) is 75.6 Å². The Hall–Kier alpha value is -6.33. The number of hydrogen-bond acceptors (Lipinski definition) is 12. The first kappa shape index (κ1) is 36.0. The third kappa shape index (κ3) is 8.64. The second kappa shape index (κ2) is 15.1. The Labute approximate surface area is 287 Å². The Kier molecular flexibility index (Phi) is 10.6. The Morgan fingerprint density at radius 2 is 1.84 bits per heavy atom. The van der Waals surface area contributed by atoms with Crippen LogP contribution < -0.4 is 10.6 Å². The highest BCUT2D eigenvalue weighted by atomic mass is 19.4. The summed E-state index contributed by atoms with van der Waals surface area (Å²) in [6, 6.07) is 13.7. The first-order valence-electron chi connectivity index (χ1n) is 15.0. The van der Waals surface area contributed by atoms with Crippen molar-refractivity contribution in [1.82, 2.24) is 24.5 Å². The number of benzene rings is 2. The average molecular weight is 706 g/mol. The van der Waals surface area contributed by atoms with Crippen molar-refractivity contribution in [3.63, 3.8) is 0 Å². The van der Waals surface area contributed by atoms with E-state index in [0.29, 0.717) is 23.0 Å². The SMILES string of the molecule is Cc1cn(-c2cc(NC(=O)c3ccc(C)c(Nc4nccc(-c5cccnc5)n4)c3)cc(C(F)(F)F)c2)cn1.O=C1O[C@H]([C@@H](O)CO)C(O)=C1O. The van der Waals surface area contributed by atoms with Gasteiger partial charge in [-0.2, -0.15) is 13.2 Å². The van der Waals surface area contributed by atoms with Crippen LogP contribution >= 0.6 is 0 Å². The molecule has 6 rings (SSSR count). The maximum absolute atomic E-state index is 13.6. The summed E-state index contributed by atoms with van der Waals surface area (Å²) in [5, 5.41) is 40.8. The molecule has 0 fully saturated rings. The number of amides is 1. The van der Waals surface area contributed by atoms with Crippen LogP contribution in [0.25, 0.3) is 16.9 Å². The second-order valence-corrected chi connectivity index (χ2v) is 11.1. The molecule has 14 nitrogen and oxygen atoms in total. The number of carbonyl (C=O) groups is 2. The standard InChI is InChI=1S/C28H22F3N7O.C6H8O6/c1-17-5-6-19(10-25(17)37-27-33-9-7-24(36-27)20-4-3-8-32-14-20)26(39)35-22-11-21(28(29,30)31)12-23(13-22)38-15-18(2)34-16-38;7-1-2(8)5-3(9)4(10)6(11)12-5/h3-16H,1-2H3,(H,35,39)(H,33,36,37);2,5,7-10H,1H2/t;2-,5+/m.0/s1. The van der Waals surface area contributed by atoms with Crippen LogP contribution in [0.4, 0.5) is 30.5 Å².